The highest BCUT2D eigenvalue weighted by Gasteiger charge is 2.36. The van der Waals surface area contributed by atoms with Crippen molar-refractivity contribution in [1.82, 2.24) is 15.2 Å². The average Bonchev–Trinajstić information content (AvgIpc) is 2.80. The summed E-state index contributed by atoms with van der Waals surface area (Å²) in [5.74, 6) is 0. The van der Waals surface area contributed by atoms with E-state index in [9.17, 15) is 4.79 Å². The van der Waals surface area contributed by atoms with Crippen molar-refractivity contribution in [3.63, 3.8) is 0 Å². The summed E-state index contributed by atoms with van der Waals surface area (Å²) in [4.78, 5) is 20.2. The molecule has 0 saturated carbocycles. The van der Waals surface area contributed by atoms with Crippen LogP contribution in [0.15, 0.2) is 18.3 Å². The molecule has 2 aliphatic rings. The van der Waals surface area contributed by atoms with Gasteiger partial charge in [-0.25, -0.2) is 4.79 Å². The smallest absolute Gasteiger partial charge is 0.317 e. The number of amides is 2. The third-order valence-electron chi connectivity index (χ3n) is 3.59. The lowest BCUT2D eigenvalue weighted by Gasteiger charge is -2.38. The Bertz CT molecular complexity index is 535. The summed E-state index contributed by atoms with van der Waals surface area (Å²) in [7, 11) is 0. The number of urea groups is 1. The number of anilines is 1. The molecule has 7 heteroatoms. The molecule has 6 nitrogen and oxygen atoms in total. The summed E-state index contributed by atoms with van der Waals surface area (Å²) >= 11 is 5.04. The fourth-order valence-electron chi connectivity index (χ4n) is 2.66. The topological polar surface area (TPSA) is 74.5 Å². The first-order valence-electron chi connectivity index (χ1n) is 6.21. The van der Waals surface area contributed by atoms with Crippen LogP contribution in [0.2, 0.25) is 0 Å². The molecule has 3 N–H and O–H groups in total. The summed E-state index contributed by atoms with van der Waals surface area (Å²) in [5, 5.41) is 2.87. The Morgan fingerprint density at radius 3 is 3.16 bits per heavy atom. The van der Waals surface area contributed by atoms with E-state index in [1.165, 1.54) is 0 Å². The number of hydrogen-bond acceptors (Lipinski definition) is 4. The normalized spacial score (nSPS) is 22.1. The lowest BCUT2D eigenvalue weighted by molar-refractivity contribution is 0.197. The third kappa shape index (κ3) is 2.10. The minimum absolute atomic E-state index is 0.0328. The van der Waals surface area contributed by atoms with Crippen molar-refractivity contribution in [2.45, 2.75) is 6.04 Å². The zero-order valence-electron chi connectivity index (χ0n) is 10.4. The van der Waals surface area contributed by atoms with Crippen molar-refractivity contribution < 1.29 is 4.79 Å². The molecule has 0 aromatic carbocycles. The molecule has 100 valence electrons. The van der Waals surface area contributed by atoms with E-state index < -0.39 is 0 Å². The molecule has 1 unspecified atom stereocenters. The molecule has 2 fully saturated rings. The Morgan fingerprint density at radius 2 is 2.37 bits per heavy atom. The number of nitrogens with one attached hydrogen (secondary N) is 1. The highest BCUT2D eigenvalue weighted by atomic mass is 32.1. The second kappa shape index (κ2) is 4.65. The van der Waals surface area contributed by atoms with Gasteiger partial charge in [-0.1, -0.05) is 12.2 Å². The van der Waals surface area contributed by atoms with Crippen LogP contribution < -0.4 is 16.0 Å². The summed E-state index contributed by atoms with van der Waals surface area (Å²) in [6.07, 6.45) is 1.69. The molecule has 1 aromatic heterocycles. The van der Waals surface area contributed by atoms with Crippen LogP contribution in [-0.4, -0.2) is 53.1 Å². The van der Waals surface area contributed by atoms with E-state index in [-0.39, 0.29) is 12.1 Å². The van der Waals surface area contributed by atoms with Gasteiger partial charge in [-0.3, -0.25) is 4.98 Å². The lowest BCUT2D eigenvalue weighted by atomic mass is 10.1. The number of thiocarbonyl (C=S) groups is 1. The number of hydrogen-bond donors (Lipinski definition) is 2. The van der Waals surface area contributed by atoms with Crippen LogP contribution in [0.3, 0.4) is 0 Å². The maximum Gasteiger partial charge on any atom is 0.317 e. The van der Waals surface area contributed by atoms with Gasteiger partial charge in [0.1, 0.15) is 10.7 Å². The number of piperazine rings is 1. The number of rotatable bonds is 2. The predicted molar refractivity (Wildman–Crippen MR) is 76.2 cm³/mol. The van der Waals surface area contributed by atoms with Crippen molar-refractivity contribution in [2.24, 2.45) is 5.73 Å². The second-order valence-electron chi connectivity index (χ2n) is 4.71. The molecule has 19 heavy (non-hydrogen) atoms. The number of nitrogens with two attached hydrogens (primary N) is 1. The van der Waals surface area contributed by atoms with Crippen LogP contribution >= 0.6 is 12.2 Å². The highest BCUT2D eigenvalue weighted by molar-refractivity contribution is 7.80. The lowest BCUT2D eigenvalue weighted by Crippen LogP contribution is -2.52. The van der Waals surface area contributed by atoms with Crippen molar-refractivity contribution in [3.05, 3.63) is 24.0 Å². The van der Waals surface area contributed by atoms with Crippen LogP contribution in [0.5, 0.6) is 0 Å². The molecule has 0 bridgehead atoms. The molecule has 2 saturated heterocycles. The van der Waals surface area contributed by atoms with Crippen LogP contribution in [0, 0.1) is 0 Å². The van der Waals surface area contributed by atoms with Gasteiger partial charge in [0.2, 0.25) is 0 Å². The summed E-state index contributed by atoms with van der Waals surface area (Å²) < 4.78 is 0. The maximum atomic E-state index is 11.6. The molecule has 3 rings (SSSR count). The van der Waals surface area contributed by atoms with Crippen molar-refractivity contribution >= 4 is 28.9 Å². The van der Waals surface area contributed by atoms with Gasteiger partial charge in [-0.15, -0.1) is 0 Å². The first kappa shape index (κ1) is 12.2. The van der Waals surface area contributed by atoms with Gasteiger partial charge >= 0.3 is 6.03 Å². The molecular formula is C12H15N5OS. The van der Waals surface area contributed by atoms with Gasteiger partial charge in [0.15, 0.2) is 0 Å². The average molecular weight is 277 g/mol. The van der Waals surface area contributed by atoms with Gasteiger partial charge < -0.3 is 20.9 Å². The molecule has 2 amide bonds. The van der Waals surface area contributed by atoms with Crippen molar-refractivity contribution in [1.29, 1.82) is 0 Å². The Hall–Kier alpha value is -1.89. The van der Waals surface area contributed by atoms with Crippen LogP contribution in [0.1, 0.15) is 5.69 Å². The molecule has 0 spiro atoms. The van der Waals surface area contributed by atoms with E-state index in [1.807, 2.05) is 17.0 Å². The monoisotopic (exact) mass is 277 g/mol. The minimum atomic E-state index is 0.0328. The molecule has 3 heterocycles. The zero-order valence-corrected chi connectivity index (χ0v) is 11.2. The second-order valence-corrected chi connectivity index (χ2v) is 5.15. The van der Waals surface area contributed by atoms with E-state index in [0.29, 0.717) is 23.8 Å². The number of fused-ring (bicyclic) bond motifs is 1. The van der Waals surface area contributed by atoms with E-state index in [0.717, 1.165) is 18.8 Å². The van der Waals surface area contributed by atoms with Gasteiger partial charge in [0.05, 0.1) is 11.7 Å². The largest absolute Gasteiger partial charge is 0.388 e. The Labute approximate surface area is 116 Å². The summed E-state index contributed by atoms with van der Waals surface area (Å²) in [5.41, 5.74) is 7.32. The zero-order chi connectivity index (χ0) is 13.4. The number of nitrogens with zero attached hydrogens (tertiary/aromatic N) is 3. The van der Waals surface area contributed by atoms with E-state index in [2.05, 4.69) is 15.2 Å². The minimum Gasteiger partial charge on any atom is -0.388 e. The molecule has 1 atom stereocenters. The molecule has 1 aromatic rings. The fourth-order valence-corrected chi connectivity index (χ4v) is 2.82. The van der Waals surface area contributed by atoms with Crippen molar-refractivity contribution in [2.75, 3.05) is 31.1 Å². The van der Waals surface area contributed by atoms with Crippen LogP contribution in [0.25, 0.3) is 0 Å². The van der Waals surface area contributed by atoms with Gasteiger partial charge in [-0.2, -0.15) is 0 Å². The SMILES string of the molecule is NC(=S)c1ncccc1N1CCN2C(=O)NCC2C1. The number of carbonyl (C=O) groups is 1. The quantitative estimate of drug-likeness (QED) is 0.740. The van der Waals surface area contributed by atoms with Gasteiger partial charge in [0, 0.05) is 32.4 Å². The first-order chi connectivity index (χ1) is 9.16. The van der Waals surface area contributed by atoms with Crippen molar-refractivity contribution in [3.8, 4) is 0 Å². The highest BCUT2D eigenvalue weighted by Crippen LogP contribution is 2.23. The van der Waals surface area contributed by atoms with E-state index >= 15 is 0 Å². The standard InChI is InChI=1S/C12H15N5OS/c13-11(19)10-9(2-1-3-14-10)16-4-5-17-8(7-16)6-15-12(17)18/h1-3,8H,4-7H2,(H2,13,19)(H,15,18). The van der Waals surface area contributed by atoms with E-state index in [4.69, 9.17) is 18.0 Å². The Kier molecular flexibility index (Phi) is 2.98. The fraction of sp³-hybridized carbons (Fsp3) is 0.417. The molecule has 0 aliphatic carbocycles. The Balaban J connectivity index is 1.85. The molecule has 2 aliphatic heterocycles. The molecular weight excluding hydrogens is 262 g/mol. The Morgan fingerprint density at radius 1 is 1.53 bits per heavy atom. The number of pyridine rings is 1. The predicted octanol–water partition coefficient (Wildman–Crippen LogP) is -0.0704. The number of carbonyl (C=O) groups excluding carboxylic acids is 1. The van der Waals surface area contributed by atoms with Gasteiger partial charge in [0.25, 0.3) is 0 Å². The summed E-state index contributed by atoms with van der Waals surface area (Å²) in [6, 6.07) is 4.09. The number of aromatic nitrogens is 1. The first-order valence-corrected chi connectivity index (χ1v) is 6.62. The van der Waals surface area contributed by atoms with Crippen LogP contribution in [-0.2, 0) is 0 Å². The summed E-state index contributed by atoms with van der Waals surface area (Å²) in [6.45, 7) is 2.95. The van der Waals surface area contributed by atoms with Gasteiger partial charge in [-0.05, 0) is 12.1 Å². The third-order valence-corrected chi connectivity index (χ3v) is 3.79. The maximum absolute atomic E-state index is 11.6. The van der Waals surface area contributed by atoms with E-state index in [1.54, 1.807) is 6.20 Å². The molecule has 0 radical (unpaired) electrons. The van der Waals surface area contributed by atoms with Crippen LogP contribution in [0.4, 0.5) is 10.5 Å².